The van der Waals surface area contributed by atoms with Gasteiger partial charge in [-0.1, -0.05) is 19.4 Å². The van der Waals surface area contributed by atoms with Gasteiger partial charge in [0.1, 0.15) is 5.82 Å². The fourth-order valence-electron chi connectivity index (χ4n) is 1.59. The third-order valence-corrected chi connectivity index (χ3v) is 2.56. The molecule has 0 aliphatic carbocycles. The minimum Gasteiger partial charge on any atom is -0.327 e. The molecular weight excluding hydrogens is 219 g/mol. The molecule has 3 N–H and O–H groups in total. The van der Waals surface area contributed by atoms with E-state index >= 15 is 0 Å². The number of hydrogen-bond acceptors (Lipinski definition) is 2. The van der Waals surface area contributed by atoms with Crippen LogP contribution in [-0.2, 0) is 4.79 Å². The Morgan fingerprint density at radius 1 is 1.53 bits per heavy atom. The molecule has 3 nitrogen and oxygen atoms in total. The van der Waals surface area contributed by atoms with Crippen LogP contribution in [0.4, 0.5) is 10.1 Å². The predicted molar refractivity (Wildman–Crippen MR) is 67.3 cm³/mol. The van der Waals surface area contributed by atoms with E-state index in [1.807, 2.05) is 6.92 Å². The minimum atomic E-state index is -0.319. The zero-order chi connectivity index (χ0) is 12.8. The van der Waals surface area contributed by atoms with Gasteiger partial charge in [0.25, 0.3) is 0 Å². The van der Waals surface area contributed by atoms with Crippen LogP contribution in [0.25, 0.3) is 0 Å². The fourth-order valence-corrected chi connectivity index (χ4v) is 1.59. The number of carbonyl (C=O) groups excluding carboxylic acids is 1. The molecule has 0 aromatic heterocycles. The third kappa shape index (κ3) is 4.53. The first kappa shape index (κ1) is 13.6. The van der Waals surface area contributed by atoms with E-state index in [1.54, 1.807) is 19.1 Å². The molecule has 1 rings (SSSR count). The van der Waals surface area contributed by atoms with Gasteiger partial charge in [0, 0.05) is 18.2 Å². The molecule has 4 heteroatoms. The quantitative estimate of drug-likeness (QED) is 0.828. The Hall–Kier alpha value is -1.42. The number of carbonyl (C=O) groups is 1. The number of nitrogens with two attached hydrogens (primary N) is 1. The first-order valence-electron chi connectivity index (χ1n) is 5.84. The molecule has 0 radical (unpaired) electrons. The Kier molecular flexibility index (Phi) is 5.10. The van der Waals surface area contributed by atoms with Crippen LogP contribution in [0.2, 0.25) is 0 Å². The number of amides is 1. The van der Waals surface area contributed by atoms with Gasteiger partial charge >= 0.3 is 0 Å². The molecule has 0 fully saturated rings. The SMILES string of the molecule is CCCC(N)CC(=O)Nc1ccc(C)c(F)c1. The lowest BCUT2D eigenvalue weighted by molar-refractivity contribution is -0.116. The Morgan fingerprint density at radius 3 is 2.82 bits per heavy atom. The van der Waals surface area contributed by atoms with Crippen LogP contribution in [0.15, 0.2) is 18.2 Å². The number of rotatable bonds is 5. The maximum Gasteiger partial charge on any atom is 0.225 e. The Morgan fingerprint density at radius 2 is 2.24 bits per heavy atom. The van der Waals surface area contributed by atoms with E-state index in [-0.39, 0.29) is 24.2 Å². The molecule has 0 bridgehead atoms. The molecule has 94 valence electrons. The number of aryl methyl sites for hydroxylation is 1. The average molecular weight is 238 g/mol. The second kappa shape index (κ2) is 6.35. The van der Waals surface area contributed by atoms with Gasteiger partial charge in [-0.05, 0) is 31.0 Å². The van der Waals surface area contributed by atoms with Crippen molar-refractivity contribution in [3.8, 4) is 0 Å². The highest BCUT2D eigenvalue weighted by atomic mass is 19.1. The molecule has 0 saturated heterocycles. The van der Waals surface area contributed by atoms with Crippen molar-refractivity contribution in [1.29, 1.82) is 0 Å². The van der Waals surface area contributed by atoms with Crippen molar-refractivity contribution in [3.05, 3.63) is 29.6 Å². The number of anilines is 1. The summed E-state index contributed by atoms with van der Waals surface area (Å²) < 4.78 is 13.2. The highest BCUT2D eigenvalue weighted by Gasteiger charge is 2.09. The first-order valence-corrected chi connectivity index (χ1v) is 5.84. The van der Waals surface area contributed by atoms with E-state index in [0.717, 1.165) is 12.8 Å². The summed E-state index contributed by atoms with van der Waals surface area (Å²) in [4.78, 5) is 11.6. The van der Waals surface area contributed by atoms with Crippen molar-refractivity contribution in [1.82, 2.24) is 0 Å². The summed E-state index contributed by atoms with van der Waals surface area (Å²) in [5.41, 5.74) is 6.79. The molecule has 0 saturated carbocycles. The Balaban J connectivity index is 2.53. The standard InChI is InChI=1S/C13H19FN2O/c1-3-4-10(15)7-13(17)16-11-6-5-9(2)12(14)8-11/h5-6,8,10H,3-4,7,15H2,1-2H3,(H,16,17). The van der Waals surface area contributed by atoms with Crippen molar-refractivity contribution in [2.75, 3.05) is 5.32 Å². The monoisotopic (exact) mass is 238 g/mol. The van der Waals surface area contributed by atoms with Gasteiger partial charge in [-0.15, -0.1) is 0 Å². The Labute approximate surface area is 101 Å². The van der Waals surface area contributed by atoms with Crippen LogP contribution in [0.5, 0.6) is 0 Å². The van der Waals surface area contributed by atoms with Crippen LogP contribution < -0.4 is 11.1 Å². The van der Waals surface area contributed by atoms with Gasteiger partial charge in [-0.3, -0.25) is 4.79 Å². The lowest BCUT2D eigenvalue weighted by atomic mass is 10.1. The van der Waals surface area contributed by atoms with Crippen molar-refractivity contribution in [2.24, 2.45) is 5.73 Å². The number of nitrogens with one attached hydrogen (secondary N) is 1. The van der Waals surface area contributed by atoms with Gasteiger partial charge in [0.15, 0.2) is 0 Å². The van der Waals surface area contributed by atoms with Crippen molar-refractivity contribution >= 4 is 11.6 Å². The molecule has 17 heavy (non-hydrogen) atoms. The average Bonchev–Trinajstić information content (AvgIpc) is 2.23. The van der Waals surface area contributed by atoms with Crippen LogP contribution in [0.1, 0.15) is 31.7 Å². The molecular formula is C13H19FN2O. The van der Waals surface area contributed by atoms with Gasteiger partial charge in [-0.2, -0.15) is 0 Å². The van der Waals surface area contributed by atoms with E-state index < -0.39 is 0 Å². The molecule has 0 spiro atoms. The smallest absolute Gasteiger partial charge is 0.225 e. The maximum atomic E-state index is 13.2. The van der Waals surface area contributed by atoms with Gasteiger partial charge in [0.2, 0.25) is 5.91 Å². The molecule has 1 aromatic rings. The summed E-state index contributed by atoms with van der Waals surface area (Å²) in [7, 11) is 0. The molecule has 1 atom stereocenters. The molecule has 1 amide bonds. The molecule has 0 heterocycles. The Bertz CT molecular complexity index is 393. The largest absolute Gasteiger partial charge is 0.327 e. The van der Waals surface area contributed by atoms with Crippen LogP contribution in [0.3, 0.4) is 0 Å². The fraction of sp³-hybridized carbons (Fsp3) is 0.462. The van der Waals surface area contributed by atoms with E-state index in [2.05, 4.69) is 5.32 Å². The molecule has 1 unspecified atom stereocenters. The van der Waals surface area contributed by atoms with E-state index in [0.29, 0.717) is 11.3 Å². The third-order valence-electron chi connectivity index (χ3n) is 2.56. The lowest BCUT2D eigenvalue weighted by Gasteiger charge is -2.10. The zero-order valence-electron chi connectivity index (χ0n) is 10.3. The summed E-state index contributed by atoms with van der Waals surface area (Å²) in [6.07, 6.45) is 2.03. The lowest BCUT2D eigenvalue weighted by Crippen LogP contribution is -2.26. The predicted octanol–water partition coefficient (Wildman–Crippen LogP) is 2.59. The van der Waals surface area contributed by atoms with Crippen molar-refractivity contribution < 1.29 is 9.18 Å². The summed E-state index contributed by atoms with van der Waals surface area (Å²) in [6.45, 7) is 3.70. The van der Waals surface area contributed by atoms with Gasteiger partial charge in [-0.25, -0.2) is 4.39 Å². The number of halogens is 1. The van der Waals surface area contributed by atoms with Crippen LogP contribution in [-0.4, -0.2) is 11.9 Å². The van der Waals surface area contributed by atoms with E-state index in [9.17, 15) is 9.18 Å². The number of benzene rings is 1. The van der Waals surface area contributed by atoms with E-state index in [1.165, 1.54) is 6.07 Å². The minimum absolute atomic E-state index is 0.129. The highest BCUT2D eigenvalue weighted by molar-refractivity contribution is 5.91. The van der Waals surface area contributed by atoms with Gasteiger partial charge in [0.05, 0.1) is 0 Å². The maximum absolute atomic E-state index is 13.2. The van der Waals surface area contributed by atoms with Gasteiger partial charge < -0.3 is 11.1 Å². The second-order valence-corrected chi connectivity index (χ2v) is 4.27. The summed E-state index contributed by atoms with van der Waals surface area (Å²) in [5, 5.41) is 2.64. The molecule has 0 aliphatic heterocycles. The highest BCUT2D eigenvalue weighted by Crippen LogP contribution is 2.14. The molecule has 0 aliphatic rings. The van der Waals surface area contributed by atoms with Crippen molar-refractivity contribution in [2.45, 2.75) is 39.2 Å². The first-order chi connectivity index (χ1) is 8.02. The van der Waals surface area contributed by atoms with Crippen molar-refractivity contribution in [3.63, 3.8) is 0 Å². The normalized spacial score (nSPS) is 12.2. The zero-order valence-corrected chi connectivity index (χ0v) is 10.3. The number of hydrogen-bond donors (Lipinski definition) is 2. The summed E-state index contributed by atoms with van der Waals surface area (Å²) in [6, 6.07) is 4.51. The van der Waals surface area contributed by atoms with Crippen LogP contribution in [0, 0.1) is 12.7 Å². The van der Waals surface area contributed by atoms with E-state index in [4.69, 9.17) is 5.73 Å². The van der Waals surface area contributed by atoms with Crippen LogP contribution >= 0.6 is 0 Å². The topological polar surface area (TPSA) is 55.1 Å². The summed E-state index contributed by atoms with van der Waals surface area (Å²) in [5.74, 6) is -0.491. The molecule has 1 aromatic carbocycles. The second-order valence-electron chi connectivity index (χ2n) is 4.27. The summed E-state index contributed by atoms with van der Waals surface area (Å²) >= 11 is 0.